The van der Waals surface area contributed by atoms with Gasteiger partial charge in [0.25, 0.3) is 5.82 Å². The number of alkyl halides is 3. The molecule has 0 spiro atoms. The Bertz CT molecular complexity index is 1440. The molecule has 1 aliphatic rings. The highest BCUT2D eigenvalue weighted by Crippen LogP contribution is 2.35. The van der Waals surface area contributed by atoms with Gasteiger partial charge in [-0.05, 0) is 39.8 Å². The molecule has 1 unspecified atom stereocenters. The summed E-state index contributed by atoms with van der Waals surface area (Å²) in [6.07, 6.45) is -4.47. The molecule has 1 saturated heterocycles. The van der Waals surface area contributed by atoms with Crippen LogP contribution in [0.25, 0.3) is 5.69 Å². The van der Waals surface area contributed by atoms with E-state index in [1.807, 2.05) is 36.4 Å². The molecule has 9 nitrogen and oxygen atoms in total. The van der Waals surface area contributed by atoms with Crippen molar-refractivity contribution in [3.63, 3.8) is 0 Å². The Balaban J connectivity index is 1.48. The molecule has 1 aromatic heterocycles. The fraction of sp³-hybridized carbons (Fsp3) is 0.333. The number of rotatable bonds is 9. The lowest BCUT2D eigenvalue weighted by molar-refractivity contribution is -0.214. The number of carbonyl (C=O) groups is 1. The van der Waals surface area contributed by atoms with Crippen LogP contribution in [0.4, 0.5) is 13.2 Å². The third-order valence-corrected chi connectivity index (χ3v) is 7.29. The van der Waals surface area contributed by atoms with Gasteiger partial charge >= 0.3 is 12.1 Å². The second-order valence-corrected chi connectivity index (χ2v) is 9.97. The second kappa shape index (κ2) is 12.7. The molecule has 1 atom stereocenters. The molecule has 220 valence electrons. The third-order valence-electron chi connectivity index (χ3n) is 7.29. The number of piperazine rings is 1. The molecule has 1 fully saturated rings. The first-order chi connectivity index (χ1) is 20.3. The molecule has 0 saturated carbocycles. The van der Waals surface area contributed by atoms with Crippen LogP contribution < -0.4 is 4.74 Å². The predicted molar refractivity (Wildman–Crippen MR) is 148 cm³/mol. The minimum absolute atomic E-state index is 0.122. The molecular formula is C30H31F3N6O3. The van der Waals surface area contributed by atoms with Crippen molar-refractivity contribution in [1.29, 1.82) is 0 Å². The molecule has 0 radical (unpaired) electrons. The predicted octanol–water partition coefficient (Wildman–Crippen LogP) is 4.88. The maximum absolute atomic E-state index is 13.5. The Labute approximate surface area is 241 Å². The number of benzene rings is 3. The first-order valence-corrected chi connectivity index (χ1v) is 13.6. The lowest BCUT2D eigenvalue weighted by Crippen LogP contribution is -2.55. The Hall–Kier alpha value is -4.29. The highest BCUT2D eigenvalue weighted by atomic mass is 19.4. The minimum atomic E-state index is -4.72. The summed E-state index contributed by atoms with van der Waals surface area (Å²) in [5, 5.41) is 11.7. The van der Waals surface area contributed by atoms with E-state index in [9.17, 15) is 18.0 Å². The van der Waals surface area contributed by atoms with Crippen LogP contribution in [0, 0.1) is 0 Å². The van der Waals surface area contributed by atoms with Crippen molar-refractivity contribution in [3.8, 4) is 11.4 Å². The first-order valence-electron chi connectivity index (χ1n) is 13.6. The molecule has 3 aromatic carbocycles. The molecule has 1 aliphatic heterocycles. The SMILES string of the molecule is CCC(=O)ON1CCN(Cc2cc(-n3nnnc3C(F)(F)F)ccc2OC)CC1C(c1ccccc1)c1ccccc1. The van der Waals surface area contributed by atoms with Crippen molar-refractivity contribution in [3.05, 3.63) is 101 Å². The fourth-order valence-electron chi connectivity index (χ4n) is 5.33. The lowest BCUT2D eigenvalue weighted by atomic mass is 9.83. The summed E-state index contributed by atoms with van der Waals surface area (Å²) >= 11 is 0. The van der Waals surface area contributed by atoms with Crippen molar-refractivity contribution < 1.29 is 27.5 Å². The average Bonchev–Trinajstić information content (AvgIpc) is 3.51. The summed E-state index contributed by atoms with van der Waals surface area (Å²) in [5.74, 6) is -1.12. The van der Waals surface area contributed by atoms with Gasteiger partial charge in [-0.1, -0.05) is 67.6 Å². The monoisotopic (exact) mass is 580 g/mol. The molecule has 42 heavy (non-hydrogen) atoms. The van der Waals surface area contributed by atoms with Gasteiger partial charge in [0.05, 0.1) is 18.8 Å². The first kappa shape index (κ1) is 29.2. The van der Waals surface area contributed by atoms with Gasteiger partial charge in [0, 0.05) is 44.1 Å². The van der Waals surface area contributed by atoms with Crippen LogP contribution in [-0.2, 0) is 22.4 Å². The van der Waals surface area contributed by atoms with E-state index in [1.54, 1.807) is 24.1 Å². The number of tetrazole rings is 1. The Kier molecular flexibility index (Phi) is 8.83. The van der Waals surface area contributed by atoms with Gasteiger partial charge in [0.2, 0.25) is 0 Å². The van der Waals surface area contributed by atoms with E-state index in [0.717, 1.165) is 11.1 Å². The highest BCUT2D eigenvalue weighted by Gasteiger charge is 2.39. The highest BCUT2D eigenvalue weighted by molar-refractivity contribution is 5.68. The van der Waals surface area contributed by atoms with E-state index in [1.165, 1.54) is 13.2 Å². The number of aromatic nitrogens is 4. The second-order valence-electron chi connectivity index (χ2n) is 9.97. The normalized spacial score (nSPS) is 16.5. The number of nitrogens with zero attached hydrogens (tertiary/aromatic N) is 6. The topological polar surface area (TPSA) is 85.6 Å². The number of hydrogen-bond donors (Lipinski definition) is 0. The molecule has 5 rings (SSSR count). The largest absolute Gasteiger partial charge is 0.496 e. The zero-order valence-electron chi connectivity index (χ0n) is 23.2. The van der Waals surface area contributed by atoms with Gasteiger partial charge in [0.15, 0.2) is 0 Å². The maximum Gasteiger partial charge on any atom is 0.453 e. The van der Waals surface area contributed by atoms with Crippen LogP contribution in [0.1, 0.15) is 41.8 Å². The molecule has 0 amide bonds. The van der Waals surface area contributed by atoms with Gasteiger partial charge in [0.1, 0.15) is 5.75 Å². The van der Waals surface area contributed by atoms with E-state index < -0.39 is 12.0 Å². The molecular weight excluding hydrogens is 549 g/mol. The number of halogens is 3. The number of methoxy groups -OCH3 is 1. The van der Waals surface area contributed by atoms with Crippen molar-refractivity contribution in [2.24, 2.45) is 0 Å². The standard InChI is InChI=1S/C30H31F3N6O3/c1-3-27(40)42-38-17-16-37(20-25(38)28(21-10-6-4-7-11-21)22-12-8-5-9-13-22)19-23-18-24(14-15-26(23)41-2)39-29(30(31,32)33)34-35-36-39/h4-15,18,25,28H,3,16-17,19-20H2,1-2H3. The van der Waals surface area contributed by atoms with E-state index in [2.05, 4.69) is 44.7 Å². The Morgan fingerprint density at radius 2 is 1.67 bits per heavy atom. The summed E-state index contributed by atoms with van der Waals surface area (Å²) in [4.78, 5) is 20.5. The van der Waals surface area contributed by atoms with E-state index in [-0.39, 0.29) is 30.0 Å². The third kappa shape index (κ3) is 6.44. The van der Waals surface area contributed by atoms with E-state index >= 15 is 0 Å². The quantitative estimate of drug-likeness (QED) is 0.277. The molecule has 0 bridgehead atoms. The van der Waals surface area contributed by atoms with Crippen molar-refractivity contribution >= 4 is 5.97 Å². The molecule has 0 aliphatic carbocycles. The zero-order chi connectivity index (χ0) is 29.7. The van der Waals surface area contributed by atoms with Gasteiger partial charge in [-0.15, -0.1) is 10.2 Å². The van der Waals surface area contributed by atoms with Crippen molar-refractivity contribution in [2.75, 3.05) is 26.7 Å². The summed E-state index contributed by atoms with van der Waals surface area (Å²) in [7, 11) is 1.52. The number of hydrogen-bond acceptors (Lipinski definition) is 8. The Morgan fingerprint density at radius 3 is 2.26 bits per heavy atom. The van der Waals surface area contributed by atoms with Gasteiger partial charge < -0.3 is 9.57 Å². The van der Waals surface area contributed by atoms with Crippen molar-refractivity contribution in [1.82, 2.24) is 30.2 Å². The zero-order valence-corrected chi connectivity index (χ0v) is 23.2. The summed E-state index contributed by atoms with van der Waals surface area (Å²) in [6.45, 7) is 3.64. The lowest BCUT2D eigenvalue weighted by Gasteiger charge is -2.43. The maximum atomic E-state index is 13.5. The minimum Gasteiger partial charge on any atom is -0.496 e. The number of ether oxygens (including phenoxy) is 1. The molecule has 12 heteroatoms. The van der Waals surface area contributed by atoms with Crippen molar-refractivity contribution in [2.45, 2.75) is 38.0 Å². The molecule has 4 aromatic rings. The van der Waals surface area contributed by atoms with Crippen LogP contribution in [-0.4, -0.2) is 68.9 Å². The van der Waals surface area contributed by atoms with Gasteiger partial charge in [-0.3, -0.25) is 9.69 Å². The molecule has 0 N–H and O–H groups in total. The van der Waals surface area contributed by atoms with E-state index in [0.29, 0.717) is 42.2 Å². The summed E-state index contributed by atoms with van der Waals surface area (Å²) in [6, 6.07) is 24.6. The number of hydroxylamine groups is 2. The van der Waals surface area contributed by atoms with Crippen LogP contribution in [0.2, 0.25) is 0 Å². The Morgan fingerprint density at radius 1 is 1.00 bits per heavy atom. The fourth-order valence-corrected chi connectivity index (χ4v) is 5.33. The smallest absolute Gasteiger partial charge is 0.453 e. The molecule has 2 heterocycles. The van der Waals surface area contributed by atoms with Crippen LogP contribution in [0.5, 0.6) is 5.75 Å². The van der Waals surface area contributed by atoms with Gasteiger partial charge in [-0.2, -0.15) is 17.9 Å². The van der Waals surface area contributed by atoms with Crippen LogP contribution in [0.15, 0.2) is 78.9 Å². The van der Waals surface area contributed by atoms with Gasteiger partial charge in [-0.25, -0.2) is 0 Å². The summed E-state index contributed by atoms with van der Waals surface area (Å²) in [5.41, 5.74) is 2.99. The number of carbonyl (C=O) groups excluding carboxylic acids is 1. The van der Waals surface area contributed by atoms with E-state index in [4.69, 9.17) is 9.57 Å². The average molecular weight is 581 g/mol. The summed E-state index contributed by atoms with van der Waals surface area (Å²) < 4.78 is 46.7. The van der Waals surface area contributed by atoms with Crippen LogP contribution >= 0.6 is 0 Å². The van der Waals surface area contributed by atoms with Crippen LogP contribution in [0.3, 0.4) is 0 Å².